The van der Waals surface area contributed by atoms with E-state index in [4.69, 9.17) is 0 Å². The quantitative estimate of drug-likeness (QED) is 0.535. The number of nitrogens with zero attached hydrogens (tertiary/aromatic N) is 6. The molecule has 31 heavy (non-hydrogen) atoms. The van der Waals surface area contributed by atoms with Crippen LogP contribution in [0.15, 0.2) is 47.9 Å². The second-order valence-corrected chi connectivity index (χ2v) is 7.07. The van der Waals surface area contributed by atoms with Gasteiger partial charge in [0, 0.05) is 25.0 Å². The van der Waals surface area contributed by atoms with Crippen LogP contribution in [0.5, 0.6) is 0 Å². The third-order valence-corrected chi connectivity index (χ3v) is 4.84. The number of aliphatic hydroxyl groups is 1. The molecule has 0 aliphatic carbocycles. The molecule has 0 aliphatic rings. The van der Waals surface area contributed by atoms with Gasteiger partial charge in [-0.3, -0.25) is 19.0 Å². The first-order valence-corrected chi connectivity index (χ1v) is 9.24. The second-order valence-electron chi connectivity index (χ2n) is 7.07. The van der Waals surface area contributed by atoms with Crippen molar-refractivity contribution in [2.75, 3.05) is 6.61 Å². The lowest BCUT2D eigenvalue weighted by molar-refractivity contribution is -0.137. The summed E-state index contributed by atoms with van der Waals surface area (Å²) in [6.45, 7) is 1.40. The molecule has 0 spiro atoms. The summed E-state index contributed by atoms with van der Waals surface area (Å²) in [6, 6.07) is 3.05. The van der Waals surface area contributed by atoms with Crippen molar-refractivity contribution in [2.45, 2.75) is 19.1 Å². The number of aromatic nitrogens is 6. The van der Waals surface area contributed by atoms with Gasteiger partial charge in [0.25, 0.3) is 5.56 Å². The molecule has 0 unspecified atom stereocenters. The van der Waals surface area contributed by atoms with Crippen LogP contribution in [0.4, 0.5) is 13.2 Å². The number of pyridine rings is 2. The highest BCUT2D eigenvalue weighted by atomic mass is 19.4. The molecule has 4 heterocycles. The van der Waals surface area contributed by atoms with Crippen molar-refractivity contribution < 1.29 is 18.3 Å². The van der Waals surface area contributed by atoms with E-state index in [1.54, 1.807) is 31.0 Å². The minimum atomic E-state index is -4.51. The zero-order valence-electron chi connectivity index (χ0n) is 16.5. The Morgan fingerprint density at radius 1 is 1.16 bits per heavy atom. The summed E-state index contributed by atoms with van der Waals surface area (Å²) in [5.41, 5.74) is 0.343. The van der Waals surface area contributed by atoms with Crippen LogP contribution in [0.2, 0.25) is 0 Å². The molecule has 0 saturated heterocycles. The van der Waals surface area contributed by atoms with Gasteiger partial charge in [-0.05, 0) is 25.1 Å². The maximum absolute atomic E-state index is 13.1. The lowest BCUT2D eigenvalue weighted by Crippen LogP contribution is -2.25. The number of hydrogen-bond donors (Lipinski definition) is 1. The van der Waals surface area contributed by atoms with E-state index in [-0.39, 0.29) is 23.4 Å². The first-order chi connectivity index (χ1) is 14.7. The molecule has 0 radical (unpaired) electrons. The number of hydrogen-bond acceptors (Lipinski definition) is 6. The highest BCUT2D eigenvalue weighted by molar-refractivity contribution is 5.93. The monoisotopic (exact) mass is 430 g/mol. The number of rotatable bonds is 4. The van der Waals surface area contributed by atoms with Crippen molar-refractivity contribution in [2.24, 2.45) is 7.05 Å². The van der Waals surface area contributed by atoms with E-state index in [9.17, 15) is 23.1 Å². The predicted octanol–water partition coefficient (Wildman–Crippen LogP) is 2.83. The Morgan fingerprint density at radius 3 is 2.52 bits per heavy atom. The highest BCUT2D eigenvalue weighted by Gasteiger charge is 2.30. The Bertz CT molecular complexity index is 1310. The molecule has 4 rings (SSSR count). The van der Waals surface area contributed by atoms with Gasteiger partial charge in [0.05, 0.1) is 47.5 Å². The molecule has 0 aromatic carbocycles. The van der Waals surface area contributed by atoms with E-state index in [0.29, 0.717) is 16.8 Å². The van der Waals surface area contributed by atoms with Crippen LogP contribution < -0.4 is 5.56 Å². The van der Waals surface area contributed by atoms with Gasteiger partial charge in [-0.1, -0.05) is 0 Å². The molecular formula is C20H17F3N6O2. The Hall–Kier alpha value is -3.60. The minimum absolute atomic E-state index is 0.171. The van der Waals surface area contributed by atoms with Crippen molar-refractivity contribution in [3.8, 4) is 22.6 Å². The second kappa shape index (κ2) is 7.58. The number of fused-ring (bicyclic) bond motifs is 1. The summed E-state index contributed by atoms with van der Waals surface area (Å²) in [5, 5.41) is 13.7. The third-order valence-electron chi connectivity index (χ3n) is 4.84. The minimum Gasteiger partial charge on any atom is -0.394 e. The molecular weight excluding hydrogens is 413 g/mol. The van der Waals surface area contributed by atoms with Crippen molar-refractivity contribution >= 4 is 10.9 Å². The van der Waals surface area contributed by atoms with E-state index < -0.39 is 23.3 Å². The summed E-state index contributed by atoms with van der Waals surface area (Å²) in [7, 11) is 1.72. The van der Waals surface area contributed by atoms with Gasteiger partial charge in [-0.25, -0.2) is 9.97 Å². The molecule has 0 fully saturated rings. The van der Waals surface area contributed by atoms with Gasteiger partial charge in [0.1, 0.15) is 11.2 Å². The third kappa shape index (κ3) is 3.79. The fourth-order valence-electron chi connectivity index (χ4n) is 3.13. The zero-order valence-corrected chi connectivity index (χ0v) is 16.5. The van der Waals surface area contributed by atoms with Gasteiger partial charge >= 0.3 is 6.18 Å². The molecule has 0 aliphatic heterocycles. The van der Waals surface area contributed by atoms with E-state index in [0.717, 1.165) is 12.3 Å². The van der Waals surface area contributed by atoms with Crippen LogP contribution in [0.3, 0.4) is 0 Å². The number of halogens is 3. The van der Waals surface area contributed by atoms with Gasteiger partial charge < -0.3 is 5.11 Å². The molecule has 11 heteroatoms. The summed E-state index contributed by atoms with van der Waals surface area (Å²) in [5.74, 6) is 0. The van der Waals surface area contributed by atoms with Crippen LogP contribution in [-0.2, 0) is 13.2 Å². The Balaban J connectivity index is 1.97. The maximum Gasteiger partial charge on any atom is 0.417 e. The largest absolute Gasteiger partial charge is 0.417 e. The van der Waals surface area contributed by atoms with Crippen LogP contribution in [0.25, 0.3) is 33.5 Å². The number of alkyl halides is 3. The number of aliphatic hydroxyl groups excluding tert-OH is 1. The lowest BCUT2D eigenvalue weighted by Gasteiger charge is -2.14. The Kier molecular flexibility index (Phi) is 5.05. The smallest absolute Gasteiger partial charge is 0.394 e. The molecule has 1 atom stereocenters. The zero-order chi connectivity index (χ0) is 22.3. The summed E-state index contributed by atoms with van der Waals surface area (Å²) in [6.07, 6.45) is 0.787. The van der Waals surface area contributed by atoms with Crippen LogP contribution in [0.1, 0.15) is 18.5 Å². The van der Waals surface area contributed by atoms with Crippen molar-refractivity contribution in [3.63, 3.8) is 0 Å². The average molecular weight is 430 g/mol. The normalized spacial score (nSPS) is 13.0. The molecule has 4 aromatic heterocycles. The summed E-state index contributed by atoms with van der Waals surface area (Å²) >= 11 is 0. The molecule has 0 saturated carbocycles. The standard InChI is InChI=1S/C20H17F3N6O2/c1-11(9-30)29-10-25-18-14(19(29)31)5-16(27-17(18)12-6-26-28(2)8-12)15-4-3-13(7-24-15)20(21,22)23/h3-8,10-11,30H,9H2,1-2H3/t11-/m0/s1. The molecule has 0 bridgehead atoms. The first kappa shape index (κ1) is 20.7. The Labute approximate surface area is 173 Å². The molecule has 1 N–H and O–H groups in total. The van der Waals surface area contributed by atoms with Crippen LogP contribution >= 0.6 is 0 Å². The average Bonchev–Trinajstić information content (AvgIpc) is 3.18. The summed E-state index contributed by atoms with van der Waals surface area (Å²) in [4.78, 5) is 25.9. The van der Waals surface area contributed by atoms with E-state index >= 15 is 0 Å². The van der Waals surface area contributed by atoms with Gasteiger partial charge in [-0.2, -0.15) is 18.3 Å². The molecule has 4 aromatic rings. The highest BCUT2D eigenvalue weighted by Crippen LogP contribution is 2.31. The van der Waals surface area contributed by atoms with E-state index in [2.05, 4.69) is 20.1 Å². The SMILES string of the molecule is C[C@@H](CO)n1cnc2c(-c3cnn(C)c3)nc(-c3ccc(C(F)(F)F)cn3)cc2c1=O. The fourth-order valence-corrected chi connectivity index (χ4v) is 3.13. The van der Waals surface area contributed by atoms with Gasteiger partial charge in [0.15, 0.2) is 0 Å². The summed E-state index contributed by atoms with van der Waals surface area (Å²) < 4.78 is 41.5. The number of aryl methyl sites for hydroxylation is 1. The lowest BCUT2D eigenvalue weighted by atomic mass is 10.1. The van der Waals surface area contributed by atoms with E-state index in [1.807, 2.05) is 0 Å². The van der Waals surface area contributed by atoms with Crippen LogP contribution in [-0.4, -0.2) is 41.0 Å². The molecule has 0 amide bonds. The van der Waals surface area contributed by atoms with Crippen LogP contribution in [0, 0.1) is 0 Å². The topological polar surface area (TPSA) is 98.7 Å². The first-order valence-electron chi connectivity index (χ1n) is 9.24. The van der Waals surface area contributed by atoms with E-state index in [1.165, 1.54) is 23.0 Å². The predicted molar refractivity (Wildman–Crippen MR) is 106 cm³/mol. The maximum atomic E-state index is 13.1. The van der Waals surface area contributed by atoms with Crippen molar-refractivity contribution in [1.82, 2.24) is 29.3 Å². The fraction of sp³-hybridized carbons (Fsp3) is 0.250. The van der Waals surface area contributed by atoms with Gasteiger partial charge in [0.2, 0.25) is 0 Å². The van der Waals surface area contributed by atoms with Gasteiger partial charge in [-0.15, -0.1) is 0 Å². The Morgan fingerprint density at radius 2 is 1.94 bits per heavy atom. The molecule has 8 nitrogen and oxygen atoms in total. The van der Waals surface area contributed by atoms with Crippen molar-refractivity contribution in [3.05, 3.63) is 59.0 Å². The molecule has 160 valence electrons. The van der Waals surface area contributed by atoms with Crippen molar-refractivity contribution in [1.29, 1.82) is 0 Å².